The quantitative estimate of drug-likeness (QED) is 0.578. The van der Waals surface area contributed by atoms with Gasteiger partial charge in [-0.05, 0) is 48.3 Å². The van der Waals surface area contributed by atoms with Crippen LogP contribution in [0.1, 0.15) is 40.0 Å². The summed E-state index contributed by atoms with van der Waals surface area (Å²) in [6, 6.07) is 2.28. The highest BCUT2D eigenvalue weighted by molar-refractivity contribution is 9.10. The molecule has 4 nitrogen and oxygen atoms in total. The molecule has 120 valence electrons. The number of hydrogen-bond acceptors (Lipinski definition) is 3. The molecule has 0 aliphatic heterocycles. The highest BCUT2D eigenvalue weighted by Gasteiger charge is 2.30. The second-order valence-electron chi connectivity index (χ2n) is 5.23. The fourth-order valence-corrected chi connectivity index (χ4v) is 4.48. The second-order valence-corrected chi connectivity index (χ2v) is 7.94. The first-order valence-corrected chi connectivity index (χ1v) is 9.21. The molecule has 0 saturated carbocycles. The lowest BCUT2D eigenvalue weighted by molar-refractivity contribution is 0.344. The SMILES string of the molecule is CCCCCN(C(C)C)S(=O)(=O)c1cc(N)cc(Br)c1F. The van der Waals surface area contributed by atoms with E-state index in [9.17, 15) is 12.8 Å². The zero-order valence-electron chi connectivity index (χ0n) is 12.6. The molecule has 0 saturated heterocycles. The van der Waals surface area contributed by atoms with E-state index >= 15 is 0 Å². The molecule has 1 aromatic rings. The van der Waals surface area contributed by atoms with Crippen molar-refractivity contribution in [3.8, 4) is 0 Å². The van der Waals surface area contributed by atoms with E-state index in [4.69, 9.17) is 5.73 Å². The number of anilines is 1. The average Bonchev–Trinajstić information content (AvgIpc) is 2.38. The van der Waals surface area contributed by atoms with Gasteiger partial charge in [0, 0.05) is 18.3 Å². The Morgan fingerprint density at radius 1 is 1.33 bits per heavy atom. The Labute approximate surface area is 134 Å². The van der Waals surface area contributed by atoms with Crippen molar-refractivity contribution in [2.24, 2.45) is 0 Å². The molecule has 0 aromatic heterocycles. The second kappa shape index (κ2) is 7.56. The molecular formula is C14H22BrFN2O2S. The Morgan fingerprint density at radius 2 is 1.95 bits per heavy atom. The van der Waals surface area contributed by atoms with Crippen molar-refractivity contribution in [1.82, 2.24) is 4.31 Å². The molecule has 2 N–H and O–H groups in total. The molecule has 0 aliphatic rings. The molecule has 0 amide bonds. The monoisotopic (exact) mass is 380 g/mol. The van der Waals surface area contributed by atoms with E-state index in [0.717, 1.165) is 19.3 Å². The topological polar surface area (TPSA) is 63.4 Å². The van der Waals surface area contributed by atoms with Crippen LogP contribution in [0.4, 0.5) is 10.1 Å². The zero-order chi connectivity index (χ0) is 16.2. The minimum absolute atomic E-state index is 0.0540. The smallest absolute Gasteiger partial charge is 0.246 e. The maximum absolute atomic E-state index is 14.2. The predicted molar refractivity (Wildman–Crippen MR) is 87.1 cm³/mol. The summed E-state index contributed by atoms with van der Waals surface area (Å²) in [7, 11) is -3.91. The average molecular weight is 381 g/mol. The van der Waals surface area contributed by atoms with Crippen molar-refractivity contribution in [2.45, 2.75) is 51.0 Å². The molecular weight excluding hydrogens is 359 g/mol. The van der Waals surface area contributed by atoms with Crippen molar-refractivity contribution < 1.29 is 12.8 Å². The summed E-state index contributed by atoms with van der Waals surface area (Å²) in [5.41, 5.74) is 5.85. The summed E-state index contributed by atoms with van der Waals surface area (Å²) >= 11 is 3.00. The predicted octanol–water partition coefficient (Wildman–Crippen LogP) is 3.76. The number of halogens is 2. The van der Waals surface area contributed by atoms with Crippen LogP contribution in [0.3, 0.4) is 0 Å². The van der Waals surface area contributed by atoms with E-state index in [2.05, 4.69) is 15.9 Å². The van der Waals surface area contributed by atoms with Crippen LogP contribution in [0.15, 0.2) is 21.5 Å². The Hall–Kier alpha value is -0.660. The first-order chi connectivity index (χ1) is 9.71. The minimum Gasteiger partial charge on any atom is -0.399 e. The fraction of sp³-hybridized carbons (Fsp3) is 0.571. The summed E-state index contributed by atoms with van der Waals surface area (Å²) in [6.07, 6.45) is 2.67. The number of hydrogen-bond donors (Lipinski definition) is 1. The van der Waals surface area contributed by atoms with Gasteiger partial charge in [0.25, 0.3) is 0 Å². The van der Waals surface area contributed by atoms with E-state index in [1.807, 2.05) is 6.92 Å². The number of benzene rings is 1. The van der Waals surface area contributed by atoms with Gasteiger partial charge >= 0.3 is 0 Å². The minimum atomic E-state index is -3.91. The maximum atomic E-state index is 14.2. The normalized spacial score (nSPS) is 12.3. The number of nitrogen functional groups attached to an aromatic ring is 1. The van der Waals surface area contributed by atoms with Crippen LogP contribution in [0.2, 0.25) is 0 Å². The number of nitrogens with zero attached hydrogens (tertiary/aromatic N) is 1. The lowest BCUT2D eigenvalue weighted by atomic mass is 10.2. The van der Waals surface area contributed by atoms with Crippen LogP contribution in [-0.4, -0.2) is 25.3 Å². The molecule has 21 heavy (non-hydrogen) atoms. The third-order valence-electron chi connectivity index (χ3n) is 3.16. The summed E-state index contributed by atoms with van der Waals surface area (Å²) in [5, 5.41) is 0. The number of sulfonamides is 1. The van der Waals surface area contributed by atoms with Gasteiger partial charge in [-0.15, -0.1) is 0 Å². The van der Waals surface area contributed by atoms with Crippen LogP contribution in [-0.2, 0) is 10.0 Å². The molecule has 0 heterocycles. The van der Waals surface area contributed by atoms with Gasteiger partial charge in [-0.3, -0.25) is 0 Å². The number of nitrogens with two attached hydrogens (primary N) is 1. The van der Waals surface area contributed by atoms with Crippen LogP contribution in [0, 0.1) is 5.82 Å². The van der Waals surface area contributed by atoms with Crippen molar-refractivity contribution in [3.63, 3.8) is 0 Å². The van der Waals surface area contributed by atoms with E-state index < -0.39 is 15.8 Å². The molecule has 7 heteroatoms. The Kier molecular flexibility index (Phi) is 6.62. The zero-order valence-corrected chi connectivity index (χ0v) is 15.0. The van der Waals surface area contributed by atoms with Crippen molar-refractivity contribution in [3.05, 3.63) is 22.4 Å². The van der Waals surface area contributed by atoms with Gasteiger partial charge in [-0.25, -0.2) is 12.8 Å². The van der Waals surface area contributed by atoms with Gasteiger partial charge in [0.05, 0.1) is 4.47 Å². The lowest BCUT2D eigenvalue weighted by Gasteiger charge is -2.26. The van der Waals surface area contributed by atoms with Crippen LogP contribution in [0.5, 0.6) is 0 Å². The van der Waals surface area contributed by atoms with Crippen molar-refractivity contribution >= 4 is 31.6 Å². The molecule has 0 radical (unpaired) electrons. The Morgan fingerprint density at radius 3 is 2.48 bits per heavy atom. The molecule has 0 bridgehead atoms. The summed E-state index contributed by atoms with van der Waals surface area (Å²) in [5.74, 6) is -0.801. The van der Waals surface area contributed by atoms with Crippen molar-refractivity contribution in [1.29, 1.82) is 0 Å². The largest absolute Gasteiger partial charge is 0.399 e. The molecule has 0 unspecified atom stereocenters. The first-order valence-electron chi connectivity index (χ1n) is 6.98. The summed E-state index contributed by atoms with van der Waals surface area (Å²) in [6.45, 7) is 5.98. The Bertz CT molecular complexity index is 591. The van der Waals surface area contributed by atoms with E-state index in [0.29, 0.717) is 6.54 Å². The van der Waals surface area contributed by atoms with Gasteiger partial charge in [-0.1, -0.05) is 19.8 Å². The third-order valence-corrected chi connectivity index (χ3v) is 5.81. The van der Waals surface area contributed by atoms with Gasteiger partial charge in [0.2, 0.25) is 10.0 Å². The molecule has 1 aromatic carbocycles. The van der Waals surface area contributed by atoms with Crippen molar-refractivity contribution in [2.75, 3.05) is 12.3 Å². The van der Waals surface area contributed by atoms with Gasteiger partial charge in [0.15, 0.2) is 5.82 Å². The standard InChI is InChI=1S/C14H22BrFN2O2S/c1-4-5-6-7-18(10(2)3)21(19,20)13-9-11(17)8-12(15)14(13)16/h8-10H,4-7,17H2,1-3H3. The lowest BCUT2D eigenvalue weighted by Crippen LogP contribution is -2.38. The molecule has 0 fully saturated rings. The van der Waals surface area contributed by atoms with Crippen LogP contribution >= 0.6 is 15.9 Å². The first kappa shape index (κ1) is 18.4. The summed E-state index contributed by atoms with van der Waals surface area (Å²) < 4.78 is 41.0. The molecule has 0 aliphatic carbocycles. The summed E-state index contributed by atoms with van der Waals surface area (Å²) in [4.78, 5) is -0.375. The van der Waals surface area contributed by atoms with Gasteiger partial charge in [0.1, 0.15) is 4.90 Å². The molecule has 0 spiro atoms. The van der Waals surface area contributed by atoms with E-state index in [1.54, 1.807) is 13.8 Å². The highest BCUT2D eigenvalue weighted by Crippen LogP contribution is 2.29. The van der Waals surface area contributed by atoms with Crippen LogP contribution in [0.25, 0.3) is 0 Å². The van der Waals surface area contributed by atoms with Gasteiger partial charge < -0.3 is 5.73 Å². The maximum Gasteiger partial charge on any atom is 0.246 e. The number of rotatable bonds is 7. The molecule has 1 rings (SSSR count). The molecule has 0 atom stereocenters. The van der Waals surface area contributed by atoms with E-state index in [1.165, 1.54) is 16.4 Å². The third kappa shape index (κ3) is 4.40. The van der Waals surface area contributed by atoms with Gasteiger partial charge in [-0.2, -0.15) is 4.31 Å². The number of unbranched alkanes of at least 4 members (excludes halogenated alkanes) is 2. The Balaban J connectivity index is 3.23. The van der Waals surface area contributed by atoms with E-state index in [-0.39, 0.29) is 21.1 Å². The highest BCUT2D eigenvalue weighted by atomic mass is 79.9. The van der Waals surface area contributed by atoms with Crippen LogP contribution < -0.4 is 5.73 Å². The fourth-order valence-electron chi connectivity index (χ4n) is 2.07.